The molecule has 0 aromatic carbocycles. The molecular formula is C20H34N6. The summed E-state index contributed by atoms with van der Waals surface area (Å²) >= 11 is 0. The van der Waals surface area contributed by atoms with Gasteiger partial charge in [-0.2, -0.15) is 0 Å². The Labute approximate surface area is 158 Å². The number of piperidine rings is 1. The van der Waals surface area contributed by atoms with E-state index in [1.807, 2.05) is 12.3 Å². The SMILES string of the molecule is CCNC(=NCCN1CCCCC1C)N1CCN(c2ccccn2)CC1. The quantitative estimate of drug-likeness (QED) is 0.645. The van der Waals surface area contributed by atoms with E-state index >= 15 is 0 Å². The molecule has 1 aromatic heterocycles. The maximum absolute atomic E-state index is 4.92. The van der Waals surface area contributed by atoms with Crippen LogP contribution < -0.4 is 10.2 Å². The number of piperazine rings is 1. The molecule has 144 valence electrons. The summed E-state index contributed by atoms with van der Waals surface area (Å²) in [4.78, 5) is 16.7. The molecule has 3 rings (SSSR count). The number of aliphatic imine (C=N–C) groups is 1. The Kier molecular flexibility index (Phi) is 7.12. The first-order valence-corrected chi connectivity index (χ1v) is 10.2. The first-order valence-electron chi connectivity index (χ1n) is 10.2. The van der Waals surface area contributed by atoms with Crippen molar-refractivity contribution in [3.8, 4) is 0 Å². The molecule has 2 aliphatic rings. The highest BCUT2D eigenvalue weighted by Gasteiger charge is 2.21. The number of guanidine groups is 1. The summed E-state index contributed by atoms with van der Waals surface area (Å²) in [7, 11) is 0. The molecule has 0 spiro atoms. The van der Waals surface area contributed by atoms with E-state index in [4.69, 9.17) is 4.99 Å². The van der Waals surface area contributed by atoms with Crippen LogP contribution in [0.1, 0.15) is 33.1 Å². The third-order valence-corrected chi connectivity index (χ3v) is 5.48. The van der Waals surface area contributed by atoms with Gasteiger partial charge < -0.3 is 15.1 Å². The van der Waals surface area contributed by atoms with Crippen molar-refractivity contribution in [1.29, 1.82) is 0 Å². The van der Waals surface area contributed by atoms with Gasteiger partial charge in [0.15, 0.2) is 5.96 Å². The average Bonchev–Trinajstić information content (AvgIpc) is 2.69. The Balaban J connectivity index is 1.51. The van der Waals surface area contributed by atoms with Crippen molar-refractivity contribution in [3.05, 3.63) is 24.4 Å². The van der Waals surface area contributed by atoms with Crippen molar-refractivity contribution >= 4 is 11.8 Å². The lowest BCUT2D eigenvalue weighted by Crippen LogP contribution is -2.53. The monoisotopic (exact) mass is 358 g/mol. The fraction of sp³-hybridized carbons (Fsp3) is 0.700. The largest absolute Gasteiger partial charge is 0.357 e. The van der Waals surface area contributed by atoms with Crippen LogP contribution in [0.2, 0.25) is 0 Å². The van der Waals surface area contributed by atoms with E-state index in [9.17, 15) is 0 Å². The fourth-order valence-corrected chi connectivity index (χ4v) is 3.89. The minimum atomic E-state index is 0.712. The first kappa shape index (κ1) is 19.0. The summed E-state index contributed by atoms with van der Waals surface area (Å²) in [6, 6.07) is 6.83. The van der Waals surface area contributed by atoms with Crippen molar-refractivity contribution < 1.29 is 0 Å². The van der Waals surface area contributed by atoms with Crippen LogP contribution in [0.25, 0.3) is 0 Å². The fourth-order valence-electron chi connectivity index (χ4n) is 3.89. The van der Waals surface area contributed by atoms with Gasteiger partial charge in [0.05, 0.1) is 6.54 Å². The number of aromatic nitrogens is 1. The minimum Gasteiger partial charge on any atom is -0.357 e. The highest BCUT2D eigenvalue weighted by molar-refractivity contribution is 5.80. The molecule has 26 heavy (non-hydrogen) atoms. The Morgan fingerprint density at radius 3 is 2.73 bits per heavy atom. The van der Waals surface area contributed by atoms with Crippen LogP contribution in [-0.4, -0.2) is 79.1 Å². The maximum atomic E-state index is 4.92. The van der Waals surface area contributed by atoms with Crippen LogP contribution in [0.15, 0.2) is 29.4 Å². The van der Waals surface area contributed by atoms with Gasteiger partial charge in [0, 0.05) is 51.5 Å². The van der Waals surface area contributed by atoms with E-state index in [2.05, 4.69) is 51.0 Å². The summed E-state index contributed by atoms with van der Waals surface area (Å²) in [5.74, 6) is 2.14. The lowest BCUT2D eigenvalue weighted by molar-refractivity contribution is 0.165. The maximum Gasteiger partial charge on any atom is 0.194 e. The van der Waals surface area contributed by atoms with Crippen LogP contribution in [0.5, 0.6) is 0 Å². The van der Waals surface area contributed by atoms with Crippen molar-refractivity contribution in [2.45, 2.75) is 39.2 Å². The van der Waals surface area contributed by atoms with Crippen molar-refractivity contribution in [2.75, 3.05) is 57.3 Å². The van der Waals surface area contributed by atoms with Crippen LogP contribution in [0.3, 0.4) is 0 Å². The zero-order valence-corrected chi connectivity index (χ0v) is 16.4. The predicted octanol–water partition coefficient (Wildman–Crippen LogP) is 2.04. The Morgan fingerprint density at radius 2 is 2.04 bits per heavy atom. The molecule has 2 fully saturated rings. The molecule has 1 aromatic rings. The summed E-state index contributed by atoms with van der Waals surface area (Å²) in [5, 5.41) is 3.48. The Morgan fingerprint density at radius 1 is 1.19 bits per heavy atom. The third kappa shape index (κ3) is 5.10. The Hall–Kier alpha value is -1.82. The lowest BCUT2D eigenvalue weighted by atomic mass is 10.0. The van der Waals surface area contributed by atoms with E-state index in [0.29, 0.717) is 6.04 Å². The lowest BCUT2D eigenvalue weighted by Gasteiger charge is -2.37. The van der Waals surface area contributed by atoms with Gasteiger partial charge in [-0.3, -0.25) is 9.89 Å². The van der Waals surface area contributed by atoms with E-state index < -0.39 is 0 Å². The zero-order chi connectivity index (χ0) is 18.2. The van der Waals surface area contributed by atoms with Gasteiger partial charge in [-0.1, -0.05) is 12.5 Å². The molecule has 2 aliphatic heterocycles. The number of nitrogens with one attached hydrogen (secondary N) is 1. The standard InChI is InChI=1S/C20H34N6/c1-3-21-20(23-11-13-24-12-7-5-8-18(24)2)26-16-14-25(15-17-26)19-9-4-6-10-22-19/h4,6,9-10,18H,3,5,7-8,11-17H2,1-2H3,(H,21,23). The van der Waals surface area contributed by atoms with E-state index in [1.165, 1.54) is 25.8 Å². The number of likely N-dealkylation sites (tertiary alicyclic amines) is 1. The molecular weight excluding hydrogens is 324 g/mol. The number of hydrogen-bond donors (Lipinski definition) is 1. The molecule has 0 radical (unpaired) electrons. The summed E-state index contributed by atoms with van der Waals surface area (Å²) in [5.41, 5.74) is 0. The number of nitrogens with zero attached hydrogens (tertiary/aromatic N) is 5. The second-order valence-corrected chi connectivity index (χ2v) is 7.28. The van der Waals surface area contributed by atoms with Gasteiger partial charge in [-0.15, -0.1) is 0 Å². The van der Waals surface area contributed by atoms with Gasteiger partial charge in [-0.25, -0.2) is 4.98 Å². The van der Waals surface area contributed by atoms with Gasteiger partial charge in [0.1, 0.15) is 5.82 Å². The van der Waals surface area contributed by atoms with Crippen LogP contribution in [0, 0.1) is 0 Å². The second kappa shape index (κ2) is 9.76. The predicted molar refractivity (Wildman–Crippen MR) is 109 cm³/mol. The summed E-state index contributed by atoms with van der Waals surface area (Å²) in [6.07, 6.45) is 5.92. The van der Waals surface area contributed by atoms with Gasteiger partial charge in [-0.05, 0) is 45.4 Å². The van der Waals surface area contributed by atoms with Crippen LogP contribution in [-0.2, 0) is 0 Å². The zero-order valence-electron chi connectivity index (χ0n) is 16.4. The van der Waals surface area contributed by atoms with Crippen LogP contribution >= 0.6 is 0 Å². The molecule has 3 heterocycles. The molecule has 0 amide bonds. The van der Waals surface area contributed by atoms with Crippen LogP contribution in [0.4, 0.5) is 5.82 Å². The highest BCUT2D eigenvalue weighted by Crippen LogP contribution is 2.16. The smallest absolute Gasteiger partial charge is 0.194 e. The molecule has 6 nitrogen and oxygen atoms in total. The summed E-state index contributed by atoms with van der Waals surface area (Å²) in [6.45, 7) is 12.6. The molecule has 0 saturated carbocycles. The molecule has 2 saturated heterocycles. The molecule has 1 N–H and O–H groups in total. The first-order chi connectivity index (χ1) is 12.8. The van der Waals surface area contributed by atoms with Crippen molar-refractivity contribution in [3.63, 3.8) is 0 Å². The van der Waals surface area contributed by atoms with Gasteiger partial charge in [0.25, 0.3) is 0 Å². The number of pyridine rings is 1. The average molecular weight is 359 g/mol. The van der Waals surface area contributed by atoms with Crippen molar-refractivity contribution in [2.24, 2.45) is 4.99 Å². The third-order valence-electron chi connectivity index (χ3n) is 5.48. The van der Waals surface area contributed by atoms with E-state index in [1.54, 1.807) is 0 Å². The number of hydrogen-bond acceptors (Lipinski definition) is 4. The van der Waals surface area contributed by atoms with Gasteiger partial charge >= 0.3 is 0 Å². The number of rotatable bonds is 5. The Bertz CT molecular complexity index is 553. The van der Waals surface area contributed by atoms with E-state index in [-0.39, 0.29) is 0 Å². The molecule has 1 unspecified atom stereocenters. The molecule has 1 atom stereocenters. The topological polar surface area (TPSA) is 47.0 Å². The normalized spacial score (nSPS) is 22.5. The van der Waals surface area contributed by atoms with Gasteiger partial charge in [0.2, 0.25) is 0 Å². The molecule has 0 aliphatic carbocycles. The minimum absolute atomic E-state index is 0.712. The highest BCUT2D eigenvalue weighted by atomic mass is 15.4. The molecule has 6 heteroatoms. The second-order valence-electron chi connectivity index (χ2n) is 7.28. The summed E-state index contributed by atoms with van der Waals surface area (Å²) < 4.78 is 0. The number of anilines is 1. The van der Waals surface area contributed by atoms with Crippen molar-refractivity contribution in [1.82, 2.24) is 20.1 Å². The molecule has 0 bridgehead atoms. The van der Waals surface area contributed by atoms with E-state index in [0.717, 1.165) is 57.6 Å².